The van der Waals surface area contributed by atoms with Crippen molar-refractivity contribution < 1.29 is 32.3 Å². The standard InChI is InChI=1S/C22H21FN6O.C2HF3O2/c1-26-8-7-19(25-26)22(30)28-12-10-27(11-13-28)21-15-24-29-9-6-17(14-20(21)29)16-2-4-18(23)5-3-16;3-2(4,5)1(6)7/h2-9,14-15H,10-13H2,1H3;(H,6,7). The van der Waals surface area contributed by atoms with Crippen molar-refractivity contribution in [3.63, 3.8) is 0 Å². The minimum absolute atomic E-state index is 0.0336. The lowest BCUT2D eigenvalue weighted by atomic mass is 10.1. The van der Waals surface area contributed by atoms with Crippen molar-refractivity contribution in [2.24, 2.45) is 7.05 Å². The summed E-state index contributed by atoms with van der Waals surface area (Å²) in [6.45, 7) is 2.70. The Bertz CT molecular complexity index is 1410. The molecule has 9 nitrogen and oxygen atoms in total. The van der Waals surface area contributed by atoms with Crippen LogP contribution in [0.4, 0.5) is 23.2 Å². The number of carbonyl (C=O) groups excluding carboxylic acids is 1. The first kappa shape index (κ1) is 25.7. The molecule has 0 spiro atoms. The highest BCUT2D eigenvalue weighted by Crippen LogP contribution is 2.28. The Balaban J connectivity index is 0.000000405. The van der Waals surface area contributed by atoms with Gasteiger partial charge in [-0.15, -0.1) is 0 Å². The van der Waals surface area contributed by atoms with Crippen molar-refractivity contribution in [1.82, 2.24) is 24.3 Å². The van der Waals surface area contributed by atoms with E-state index in [4.69, 9.17) is 9.90 Å². The third-order valence-electron chi connectivity index (χ3n) is 5.76. The molecule has 1 N–H and O–H groups in total. The first-order chi connectivity index (χ1) is 17.5. The first-order valence-corrected chi connectivity index (χ1v) is 11.1. The summed E-state index contributed by atoms with van der Waals surface area (Å²) in [6.07, 6.45) is 0.472. The molecule has 0 atom stereocenters. The van der Waals surface area contributed by atoms with Crippen LogP contribution in [0.25, 0.3) is 16.6 Å². The number of carboxylic acid groups (broad SMARTS) is 1. The molecule has 4 aromatic rings. The van der Waals surface area contributed by atoms with Crippen molar-refractivity contribution in [2.75, 3.05) is 31.1 Å². The minimum Gasteiger partial charge on any atom is -0.475 e. The molecule has 1 aliphatic heterocycles. The number of aryl methyl sites for hydroxylation is 1. The van der Waals surface area contributed by atoms with Crippen molar-refractivity contribution in [3.05, 3.63) is 72.6 Å². The smallest absolute Gasteiger partial charge is 0.475 e. The van der Waals surface area contributed by atoms with Crippen LogP contribution in [0.1, 0.15) is 10.5 Å². The van der Waals surface area contributed by atoms with Crippen molar-refractivity contribution in [1.29, 1.82) is 0 Å². The van der Waals surface area contributed by atoms with E-state index in [2.05, 4.69) is 21.2 Å². The molecule has 1 fully saturated rings. The number of aromatic nitrogens is 4. The number of pyridine rings is 1. The van der Waals surface area contributed by atoms with Gasteiger partial charge in [0.05, 0.1) is 17.4 Å². The van der Waals surface area contributed by atoms with E-state index < -0.39 is 12.1 Å². The number of aliphatic carboxylic acids is 1. The average Bonchev–Trinajstić information content (AvgIpc) is 3.50. The summed E-state index contributed by atoms with van der Waals surface area (Å²) in [5.74, 6) is -3.04. The van der Waals surface area contributed by atoms with E-state index >= 15 is 0 Å². The predicted octanol–water partition coefficient (Wildman–Crippen LogP) is 3.47. The van der Waals surface area contributed by atoms with Crippen LogP contribution in [-0.2, 0) is 11.8 Å². The summed E-state index contributed by atoms with van der Waals surface area (Å²) < 4.78 is 48.5. The van der Waals surface area contributed by atoms with Gasteiger partial charge in [-0.3, -0.25) is 9.48 Å². The Kier molecular flexibility index (Phi) is 7.14. The highest BCUT2D eigenvalue weighted by Gasteiger charge is 2.38. The molecule has 13 heteroatoms. The fraction of sp³-hybridized carbons (Fsp3) is 0.250. The van der Waals surface area contributed by atoms with Crippen LogP contribution in [-0.4, -0.2) is 73.6 Å². The van der Waals surface area contributed by atoms with Crippen molar-refractivity contribution in [2.45, 2.75) is 6.18 Å². The number of piperazine rings is 1. The Labute approximate surface area is 208 Å². The maximum Gasteiger partial charge on any atom is 0.490 e. The molecule has 194 valence electrons. The number of halogens is 4. The minimum atomic E-state index is -5.08. The summed E-state index contributed by atoms with van der Waals surface area (Å²) in [5.41, 5.74) is 4.46. The molecule has 37 heavy (non-hydrogen) atoms. The second kappa shape index (κ2) is 10.3. The summed E-state index contributed by atoms with van der Waals surface area (Å²) in [6, 6.07) is 12.3. The normalized spacial score (nSPS) is 13.9. The number of hydrogen-bond donors (Lipinski definition) is 1. The van der Waals surface area contributed by atoms with E-state index in [9.17, 15) is 22.4 Å². The largest absolute Gasteiger partial charge is 0.490 e. The highest BCUT2D eigenvalue weighted by molar-refractivity contribution is 5.92. The fourth-order valence-corrected chi connectivity index (χ4v) is 3.87. The van der Waals surface area contributed by atoms with Gasteiger partial charge in [0.1, 0.15) is 11.5 Å². The lowest BCUT2D eigenvalue weighted by molar-refractivity contribution is -0.192. The van der Waals surface area contributed by atoms with Crippen LogP contribution in [0, 0.1) is 5.82 Å². The van der Waals surface area contributed by atoms with E-state index in [-0.39, 0.29) is 11.7 Å². The van der Waals surface area contributed by atoms with Crippen molar-refractivity contribution in [3.8, 4) is 11.1 Å². The van der Waals surface area contributed by atoms with Crippen LogP contribution in [0.2, 0.25) is 0 Å². The maximum atomic E-state index is 13.3. The molecule has 0 aliphatic carbocycles. The molecule has 0 radical (unpaired) electrons. The van der Waals surface area contributed by atoms with Crippen LogP contribution in [0.15, 0.2) is 61.1 Å². The number of carboxylic acids is 1. The number of hydrogen-bond acceptors (Lipinski definition) is 5. The molecular weight excluding hydrogens is 496 g/mol. The van der Waals surface area contributed by atoms with Crippen LogP contribution < -0.4 is 4.90 Å². The number of amides is 1. The molecule has 0 unspecified atom stereocenters. The third-order valence-corrected chi connectivity index (χ3v) is 5.76. The molecule has 1 saturated heterocycles. The SMILES string of the molecule is Cn1ccc(C(=O)N2CCN(c3cnn4ccc(-c5ccc(F)cc5)cc34)CC2)n1.O=C(O)C(F)(F)F. The molecule has 0 saturated carbocycles. The van der Waals surface area contributed by atoms with Crippen LogP contribution in [0.5, 0.6) is 0 Å². The number of carbonyl (C=O) groups is 2. The zero-order valence-corrected chi connectivity index (χ0v) is 19.6. The number of anilines is 1. The van der Waals surface area contributed by atoms with Crippen LogP contribution >= 0.6 is 0 Å². The van der Waals surface area contributed by atoms with E-state index in [1.54, 1.807) is 36.1 Å². The lowest BCUT2D eigenvalue weighted by Crippen LogP contribution is -2.48. The zero-order chi connectivity index (χ0) is 26.7. The van der Waals surface area contributed by atoms with Gasteiger partial charge < -0.3 is 14.9 Å². The van der Waals surface area contributed by atoms with E-state index in [1.165, 1.54) is 12.1 Å². The Morgan fingerprint density at radius 2 is 1.59 bits per heavy atom. The second-order valence-electron chi connectivity index (χ2n) is 8.24. The predicted molar refractivity (Wildman–Crippen MR) is 126 cm³/mol. The highest BCUT2D eigenvalue weighted by atomic mass is 19.4. The number of fused-ring (bicyclic) bond motifs is 1. The maximum absolute atomic E-state index is 13.3. The van der Waals surface area contributed by atoms with E-state index in [0.29, 0.717) is 18.8 Å². The Morgan fingerprint density at radius 3 is 2.16 bits per heavy atom. The molecule has 1 aromatic carbocycles. The molecule has 0 bridgehead atoms. The van der Waals surface area contributed by atoms with E-state index in [0.717, 1.165) is 35.4 Å². The average molecular weight is 518 g/mol. The Hall–Kier alpha value is -4.42. The molecule has 3 aromatic heterocycles. The van der Waals surface area contributed by atoms with Crippen LogP contribution in [0.3, 0.4) is 0 Å². The number of rotatable bonds is 3. The van der Waals surface area contributed by atoms with E-state index in [1.807, 2.05) is 27.9 Å². The number of nitrogens with zero attached hydrogens (tertiary/aromatic N) is 6. The first-order valence-electron chi connectivity index (χ1n) is 11.1. The zero-order valence-electron chi connectivity index (χ0n) is 19.6. The third kappa shape index (κ3) is 5.88. The second-order valence-corrected chi connectivity index (χ2v) is 8.24. The summed E-state index contributed by atoms with van der Waals surface area (Å²) in [4.78, 5) is 25.6. The van der Waals surface area contributed by atoms with Gasteiger partial charge in [-0.2, -0.15) is 23.4 Å². The molecule has 1 amide bonds. The fourth-order valence-electron chi connectivity index (χ4n) is 3.87. The molecule has 5 rings (SSSR count). The van der Waals surface area contributed by atoms with Crippen molar-refractivity contribution >= 4 is 23.1 Å². The number of benzene rings is 1. The van der Waals surface area contributed by atoms with Gasteiger partial charge in [-0.25, -0.2) is 13.7 Å². The van der Waals surface area contributed by atoms with Gasteiger partial charge in [0, 0.05) is 45.6 Å². The van der Waals surface area contributed by atoms with Gasteiger partial charge >= 0.3 is 12.1 Å². The molecule has 1 aliphatic rings. The summed E-state index contributed by atoms with van der Waals surface area (Å²) in [5, 5.41) is 15.8. The van der Waals surface area contributed by atoms with Gasteiger partial charge in [0.15, 0.2) is 0 Å². The Morgan fingerprint density at radius 1 is 0.946 bits per heavy atom. The molecule has 4 heterocycles. The quantitative estimate of drug-likeness (QED) is 0.418. The van der Waals surface area contributed by atoms with Gasteiger partial charge in [0.25, 0.3) is 5.91 Å². The monoisotopic (exact) mass is 518 g/mol. The molecular formula is C24H22F4N6O3. The lowest BCUT2D eigenvalue weighted by Gasteiger charge is -2.35. The van der Waals surface area contributed by atoms with Gasteiger partial charge in [-0.1, -0.05) is 12.1 Å². The number of alkyl halides is 3. The van der Waals surface area contributed by atoms with Gasteiger partial charge in [-0.05, 0) is 41.5 Å². The summed E-state index contributed by atoms with van der Waals surface area (Å²) >= 11 is 0. The van der Waals surface area contributed by atoms with Gasteiger partial charge in [0.2, 0.25) is 0 Å². The summed E-state index contributed by atoms with van der Waals surface area (Å²) in [7, 11) is 1.81. The topological polar surface area (TPSA) is 96.0 Å².